The molecule has 0 aliphatic rings. The fourth-order valence-corrected chi connectivity index (χ4v) is 2.99. The number of ether oxygens (including phenoxy) is 1. The highest BCUT2D eigenvalue weighted by Crippen LogP contribution is 2.17. The Morgan fingerprint density at radius 3 is 2.52 bits per heavy atom. The van der Waals surface area contributed by atoms with Gasteiger partial charge in [0.05, 0.1) is 4.88 Å². The Balaban J connectivity index is 1.56. The first kappa shape index (κ1) is 16.9. The quantitative estimate of drug-likeness (QED) is 0.674. The van der Waals surface area contributed by atoms with E-state index in [1.807, 2.05) is 42.6 Å². The van der Waals surface area contributed by atoms with Crippen molar-refractivity contribution in [2.24, 2.45) is 0 Å². The molecule has 1 N–H and O–H groups in total. The maximum atomic E-state index is 12.2. The van der Waals surface area contributed by atoms with Crippen molar-refractivity contribution < 1.29 is 14.3 Å². The number of amides is 1. The molecule has 3 rings (SSSR count). The van der Waals surface area contributed by atoms with Crippen molar-refractivity contribution in [3.05, 3.63) is 82.0 Å². The fourth-order valence-electron chi connectivity index (χ4n) is 2.31. The van der Waals surface area contributed by atoms with Crippen LogP contribution in [0.3, 0.4) is 0 Å². The molecule has 25 heavy (non-hydrogen) atoms. The molecule has 5 heteroatoms. The first-order chi connectivity index (χ1) is 12.1. The summed E-state index contributed by atoms with van der Waals surface area (Å²) in [5.74, 6) is 0.390. The van der Waals surface area contributed by atoms with Crippen molar-refractivity contribution in [3.63, 3.8) is 0 Å². The van der Waals surface area contributed by atoms with Gasteiger partial charge in [-0.3, -0.25) is 9.59 Å². The summed E-state index contributed by atoms with van der Waals surface area (Å²) in [5.41, 5.74) is 2.29. The van der Waals surface area contributed by atoms with Gasteiger partial charge in [0, 0.05) is 11.3 Å². The predicted octanol–water partition coefficient (Wildman–Crippen LogP) is 4.31. The van der Waals surface area contributed by atoms with E-state index < -0.39 is 0 Å². The Kier molecular flexibility index (Phi) is 5.26. The highest BCUT2D eigenvalue weighted by atomic mass is 32.1. The number of nitrogens with one attached hydrogen (secondary N) is 1. The van der Waals surface area contributed by atoms with Gasteiger partial charge in [-0.15, -0.1) is 11.3 Å². The summed E-state index contributed by atoms with van der Waals surface area (Å²) in [4.78, 5) is 24.9. The van der Waals surface area contributed by atoms with Gasteiger partial charge in [0.15, 0.2) is 6.61 Å². The zero-order chi connectivity index (χ0) is 17.6. The molecule has 126 valence electrons. The van der Waals surface area contributed by atoms with Gasteiger partial charge in [-0.2, -0.15) is 0 Å². The fraction of sp³-hybridized carbons (Fsp3) is 0.100. The van der Waals surface area contributed by atoms with Gasteiger partial charge in [-0.05, 0) is 60.3 Å². The Labute approximate surface area is 150 Å². The molecule has 1 heterocycles. The molecule has 0 radical (unpaired) electrons. The van der Waals surface area contributed by atoms with Crippen LogP contribution in [0.25, 0.3) is 0 Å². The molecule has 1 aromatic heterocycles. The van der Waals surface area contributed by atoms with Crippen molar-refractivity contribution in [2.75, 3.05) is 11.9 Å². The Bertz CT molecular complexity index is 870. The van der Waals surface area contributed by atoms with Crippen LogP contribution in [-0.4, -0.2) is 18.3 Å². The number of hydrogen-bond acceptors (Lipinski definition) is 4. The number of ketones is 1. The summed E-state index contributed by atoms with van der Waals surface area (Å²) in [7, 11) is 0. The molecule has 0 unspecified atom stereocenters. The number of thiophene rings is 1. The number of hydrogen-bond donors (Lipinski definition) is 1. The largest absolute Gasteiger partial charge is 0.484 e. The number of carbonyl (C=O) groups excluding carboxylic acids is 2. The van der Waals surface area contributed by atoms with E-state index in [9.17, 15) is 9.59 Å². The topological polar surface area (TPSA) is 55.4 Å². The first-order valence-corrected chi connectivity index (χ1v) is 8.67. The zero-order valence-electron chi connectivity index (χ0n) is 13.7. The molecular formula is C20H17NO3S. The standard InChI is InChI=1S/C20H17NO3S/c1-14-4-2-5-17(12-14)24-13-19(22)21-16-9-7-15(8-10-16)20(23)18-6-3-11-25-18/h2-12H,13H2,1H3,(H,21,22). The van der Waals surface area contributed by atoms with Gasteiger partial charge in [0.25, 0.3) is 5.91 Å². The summed E-state index contributed by atoms with van der Waals surface area (Å²) in [6, 6.07) is 18.0. The van der Waals surface area contributed by atoms with Crippen molar-refractivity contribution in [3.8, 4) is 5.75 Å². The Morgan fingerprint density at radius 2 is 1.84 bits per heavy atom. The molecule has 0 aliphatic heterocycles. The van der Waals surface area contributed by atoms with Crippen LogP contribution in [0.15, 0.2) is 66.0 Å². The lowest BCUT2D eigenvalue weighted by Crippen LogP contribution is -2.20. The molecular weight excluding hydrogens is 334 g/mol. The minimum atomic E-state index is -0.251. The van der Waals surface area contributed by atoms with Crippen molar-refractivity contribution in [1.82, 2.24) is 0 Å². The monoisotopic (exact) mass is 351 g/mol. The van der Waals surface area contributed by atoms with Crippen LogP contribution in [0.5, 0.6) is 5.75 Å². The van der Waals surface area contributed by atoms with E-state index in [4.69, 9.17) is 4.74 Å². The number of benzene rings is 2. The maximum absolute atomic E-state index is 12.2. The molecule has 4 nitrogen and oxygen atoms in total. The molecule has 3 aromatic rings. The lowest BCUT2D eigenvalue weighted by molar-refractivity contribution is -0.118. The molecule has 0 aliphatic carbocycles. The Hall–Kier alpha value is -2.92. The zero-order valence-corrected chi connectivity index (χ0v) is 14.5. The van der Waals surface area contributed by atoms with E-state index in [2.05, 4.69) is 5.32 Å². The second kappa shape index (κ2) is 7.77. The van der Waals surface area contributed by atoms with E-state index in [-0.39, 0.29) is 18.3 Å². The smallest absolute Gasteiger partial charge is 0.262 e. The predicted molar refractivity (Wildman–Crippen MR) is 99.5 cm³/mol. The minimum absolute atomic E-state index is 0.0179. The average molecular weight is 351 g/mol. The van der Waals surface area contributed by atoms with Gasteiger partial charge in [0.2, 0.25) is 5.78 Å². The lowest BCUT2D eigenvalue weighted by atomic mass is 10.1. The van der Waals surface area contributed by atoms with E-state index in [0.29, 0.717) is 21.9 Å². The summed E-state index contributed by atoms with van der Waals surface area (Å²) < 4.78 is 5.47. The third-order valence-electron chi connectivity index (χ3n) is 3.54. The van der Waals surface area contributed by atoms with Crippen LogP contribution >= 0.6 is 11.3 Å². The molecule has 1 amide bonds. The van der Waals surface area contributed by atoms with E-state index in [1.165, 1.54) is 11.3 Å². The van der Waals surface area contributed by atoms with Crippen molar-refractivity contribution >= 4 is 28.7 Å². The van der Waals surface area contributed by atoms with Crippen molar-refractivity contribution in [1.29, 1.82) is 0 Å². The summed E-state index contributed by atoms with van der Waals surface area (Å²) >= 11 is 1.41. The first-order valence-electron chi connectivity index (χ1n) is 7.79. The van der Waals surface area contributed by atoms with Crippen LogP contribution in [0.4, 0.5) is 5.69 Å². The normalized spacial score (nSPS) is 10.3. The lowest BCUT2D eigenvalue weighted by Gasteiger charge is -2.08. The molecule has 0 saturated carbocycles. The van der Waals surface area contributed by atoms with Crippen LogP contribution in [0, 0.1) is 6.92 Å². The molecule has 2 aromatic carbocycles. The number of anilines is 1. The molecule has 0 fully saturated rings. The van der Waals surface area contributed by atoms with E-state index in [1.54, 1.807) is 30.3 Å². The van der Waals surface area contributed by atoms with Gasteiger partial charge < -0.3 is 10.1 Å². The third-order valence-corrected chi connectivity index (χ3v) is 4.40. The second-order valence-electron chi connectivity index (χ2n) is 5.54. The molecule has 0 atom stereocenters. The highest BCUT2D eigenvalue weighted by molar-refractivity contribution is 7.12. The number of aryl methyl sites for hydroxylation is 1. The maximum Gasteiger partial charge on any atom is 0.262 e. The molecule has 0 saturated heterocycles. The summed E-state index contributed by atoms with van der Waals surface area (Å²) in [6.07, 6.45) is 0. The Morgan fingerprint density at radius 1 is 1.04 bits per heavy atom. The van der Waals surface area contributed by atoms with Gasteiger partial charge >= 0.3 is 0 Å². The number of carbonyl (C=O) groups is 2. The minimum Gasteiger partial charge on any atom is -0.484 e. The van der Waals surface area contributed by atoms with Crippen molar-refractivity contribution in [2.45, 2.75) is 6.92 Å². The van der Waals surface area contributed by atoms with Crippen LogP contribution < -0.4 is 10.1 Å². The van der Waals surface area contributed by atoms with Gasteiger partial charge in [-0.1, -0.05) is 18.2 Å². The second-order valence-corrected chi connectivity index (χ2v) is 6.48. The van der Waals surface area contributed by atoms with Crippen LogP contribution in [0.2, 0.25) is 0 Å². The average Bonchev–Trinajstić information content (AvgIpc) is 3.15. The third kappa shape index (κ3) is 4.55. The van der Waals surface area contributed by atoms with Crippen LogP contribution in [-0.2, 0) is 4.79 Å². The van der Waals surface area contributed by atoms with Crippen LogP contribution in [0.1, 0.15) is 20.8 Å². The summed E-state index contributed by atoms with van der Waals surface area (Å²) in [6.45, 7) is 1.89. The van der Waals surface area contributed by atoms with E-state index >= 15 is 0 Å². The van der Waals surface area contributed by atoms with E-state index in [0.717, 1.165) is 5.56 Å². The molecule has 0 bridgehead atoms. The number of rotatable bonds is 6. The molecule has 0 spiro atoms. The SMILES string of the molecule is Cc1cccc(OCC(=O)Nc2ccc(C(=O)c3cccs3)cc2)c1. The van der Waals surface area contributed by atoms with Gasteiger partial charge in [0.1, 0.15) is 5.75 Å². The van der Waals surface area contributed by atoms with Gasteiger partial charge in [-0.25, -0.2) is 0 Å². The summed E-state index contributed by atoms with van der Waals surface area (Å²) in [5, 5.41) is 4.63. The highest BCUT2D eigenvalue weighted by Gasteiger charge is 2.10.